The molecule has 15 rings (SSSR count). The second-order valence-corrected chi connectivity index (χ2v) is 37.3. The molecule has 1 aromatic heterocycles. The maximum absolute atomic E-state index is 12.0. The number of halogens is 3. The van der Waals surface area contributed by atoms with Crippen LogP contribution >= 0.6 is 0 Å². The summed E-state index contributed by atoms with van der Waals surface area (Å²) in [4.78, 5) is 4.20. The van der Waals surface area contributed by atoms with Gasteiger partial charge in [-0.15, -0.1) is 12.8 Å². The van der Waals surface area contributed by atoms with E-state index in [1.54, 1.807) is 19.1 Å². The number of alkyl halides is 3. The molecule has 119 heavy (non-hydrogen) atoms. The maximum Gasteiger partial charge on any atom is 0.416 e. The van der Waals surface area contributed by atoms with Crippen molar-refractivity contribution in [3.05, 3.63) is 478 Å². The molecular weight excluding hydrogens is 1490 g/mol. The number of aromatic nitrogens is 1. The second kappa shape index (κ2) is 47.4. The molecular formula is C110H106F3N3OSi2. The molecule has 0 radical (unpaired) electrons. The van der Waals surface area contributed by atoms with Gasteiger partial charge in [0.15, 0.2) is 8.07 Å². The Hall–Kier alpha value is -13.6. The standard InChI is InChI=1S/C25H22Si.C19H18Si.C13H12O.C12H14.C9H9N.C8H7F3.2C8H7N.C8H10/c1-21-17-19-25(20-18-21)26(22-11-5-2-6-12-22,23-13-7-3-8-14-23)24-15-9-4-10-16-24;1-20(17-11-5-2-6-12-17,18-13-7-3-8-14-18)19-15-9-4-10-16-19;1-11-6-5-9-13(10-11)14-12-7-3-2-4-8-12;1-5-12(3,4)11-8-6-10(2)7-9-11;1-4-9-6-5-7(2)10-8(9)3;1-6-3-2-4-7(5-6)8(9,10)11;1-7-3-2-4-8(5-7)6-9;1-7-4-2-3-5-8(7)6-9;1-7-3-5-8(2)6-4-7/h2-20H,1H3;2-16H,1H3;2-10H,1H3;1,6-9H,2-4H3;1,5-6H,2-3H3;2-5H,1H3;2*2-5H,1H3;3-6H,1-2H3. The van der Waals surface area contributed by atoms with Gasteiger partial charge in [-0.25, -0.2) is 0 Å². The summed E-state index contributed by atoms with van der Waals surface area (Å²) < 4.78 is 41.6. The van der Waals surface area contributed by atoms with Crippen LogP contribution in [0.25, 0.3) is 0 Å². The van der Waals surface area contributed by atoms with Gasteiger partial charge >= 0.3 is 6.18 Å². The van der Waals surface area contributed by atoms with Gasteiger partial charge in [0.05, 0.1) is 39.9 Å². The third-order valence-electron chi connectivity index (χ3n) is 19.6. The van der Waals surface area contributed by atoms with E-state index in [1.165, 1.54) is 75.8 Å². The number of rotatable bonds is 10. The Bertz CT molecular complexity index is 5470. The fourth-order valence-corrected chi connectivity index (χ4v) is 21.1. The highest BCUT2D eigenvalue weighted by atomic mass is 28.3. The highest BCUT2D eigenvalue weighted by Gasteiger charge is 2.41. The molecule has 0 atom stereocenters. The quantitative estimate of drug-likeness (QED) is 0.0777. The minimum absolute atomic E-state index is 0.145. The highest BCUT2D eigenvalue weighted by Crippen LogP contribution is 2.30. The molecule has 1 heterocycles. The van der Waals surface area contributed by atoms with Crippen LogP contribution in [0.5, 0.6) is 11.5 Å². The molecule has 0 saturated carbocycles. The zero-order valence-corrected chi connectivity index (χ0v) is 72.6. The lowest BCUT2D eigenvalue weighted by molar-refractivity contribution is -0.137. The Balaban J connectivity index is 0.000000190. The third-order valence-corrected chi connectivity index (χ3v) is 28.9. The van der Waals surface area contributed by atoms with Gasteiger partial charge in [-0.05, 0) is 202 Å². The summed E-state index contributed by atoms with van der Waals surface area (Å²) >= 11 is 0. The molecule has 0 aliphatic heterocycles. The summed E-state index contributed by atoms with van der Waals surface area (Å²) in [6, 6.07) is 138. The largest absolute Gasteiger partial charge is 0.457 e. The molecule has 0 amide bonds. The first-order valence-electron chi connectivity index (χ1n) is 39.5. The van der Waals surface area contributed by atoms with E-state index >= 15 is 0 Å². The van der Waals surface area contributed by atoms with Crippen molar-refractivity contribution in [1.29, 1.82) is 10.5 Å². The first-order chi connectivity index (χ1) is 57.2. The van der Waals surface area contributed by atoms with Gasteiger partial charge in [0, 0.05) is 11.3 Å². The molecule has 0 aliphatic rings. The van der Waals surface area contributed by atoms with Crippen molar-refractivity contribution < 1.29 is 17.9 Å². The predicted octanol–water partition coefficient (Wildman–Crippen LogP) is 23.6. The molecule has 9 heteroatoms. The van der Waals surface area contributed by atoms with Crippen molar-refractivity contribution in [2.24, 2.45) is 0 Å². The molecule has 0 spiro atoms. The zero-order valence-electron chi connectivity index (χ0n) is 70.6. The van der Waals surface area contributed by atoms with Gasteiger partial charge in [-0.3, -0.25) is 4.98 Å². The summed E-state index contributed by atoms with van der Waals surface area (Å²) in [7, 11) is -4.20. The molecule has 0 bridgehead atoms. The van der Waals surface area contributed by atoms with E-state index in [1.807, 2.05) is 131 Å². The first kappa shape index (κ1) is 92.5. The van der Waals surface area contributed by atoms with Crippen LogP contribution in [0, 0.1) is 117 Å². The molecule has 0 fully saturated rings. The lowest BCUT2D eigenvalue weighted by atomic mass is 9.85. The fourth-order valence-electron chi connectivity index (χ4n) is 12.7. The number of ether oxygens (including phenoxy) is 1. The van der Waals surface area contributed by atoms with E-state index in [-0.39, 0.29) is 5.41 Å². The van der Waals surface area contributed by atoms with Crippen LogP contribution in [0.3, 0.4) is 0 Å². The van der Waals surface area contributed by atoms with Crippen molar-refractivity contribution in [2.75, 3.05) is 0 Å². The predicted molar refractivity (Wildman–Crippen MR) is 501 cm³/mol. The molecule has 0 saturated heterocycles. The number of aryl methyl sites for hydroxylation is 10. The molecule has 15 aromatic rings. The minimum Gasteiger partial charge on any atom is -0.457 e. The van der Waals surface area contributed by atoms with Crippen molar-refractivity contribution in [3.63, 3.8) is 0 Å². The lowest BCUT2D eigenvalue weighted by Crippen LogP contribution is -2.74. The Morgan fingerprint density at radius 1 is 0.319 bits per heavy atom. The van der Waals surface area contributed by atoms with Crippen molar-refractivity contribution in [1.82, 2.24) is 4.98 Å². The van der Waals surface area contributed by atoms with Gasteiger partial charge in [0.25, 0.3) is 0 Å². The second-order valence-electron chi connectivity index (χ2n) is 29.5. The number of pyridine rings is 1. The minimum atomic E-state index is -4.22. The number of nitrogens with zero attached hydrogens (tertiary/aromatic N) is 3. The van der Waals surface area contributed by atoms with E-state index in [9.17, 15) is 13.2 Å². The van der Waals surface area contributed by atoms with Gasteiger partial charge in [0.1, 0.15) is 19.6 Å². The maximum atomic E-state index is 12.0. The molecule has 0 aliphatic carbocycles. The summed E-state index contributed by atoms with van der Waals surface area (Å²) in [5.41, 5.74) is 14.0. The number of hydrogen-bond donors (Lipinski definition) is 0. The van der Waals surface area contributed by atoms with E-state index in [4.69, 9.17) is 28.1 Å². The summed E-state index contributed by atoms with van der Waals surface area (Å²) in [5, 5.41) is 26.9. The van der Waals surface area contributed by atoms with E-state index in [0.717, 1.165) is 62.8 Å². The van der Waals surface area contributed by atoms with Crippen LogP contribution in [-0.4, -0.2) is 21.1 Å². The average Bonchev–Trinajstić information content (AvgIpc) is 0.736. The number of hydrogen-bond acceptors (Lipinski definition) is 4. The van der Waals surface area contributed by atoms with Crippen LogP contribution in [0.4, 0.5) is 13.2 Å². The molecule has 4 nitrogen and oxygen atoms in total. The van der Waals surface area contributed by atoms with E-state index in [0.29, 0.717) is 5.56 Å². The van der Waals surface area contributed by atoms with Crippen LogP contribution in [0.15, 0.2) is 394 Å². The van der Waals surface area contributed by atoms with Gasteiger partial charge < -0.3 is 4.74 Å². The number of para-hydroxylation sites is 1. The normalized spacial score (nSPS) is 10.3. The topological polar surface area (TPSA) is 69.7 Å². The molecule has 0 N–H and O–H groups in total. The summed E-state index contributed by atoms with van der Waals surface area (Å²) in [5.74, 6) is 7.10. The monoisotopic (exact) mass is 1600 g/mol. The van der Waals surface area contributed by atoms with Crippen molar-refractivity contribution in [2.45, 2.75) is 101 Å². The molecule has 14 aromatic carbocycles. The number of nitriles is 2. The zero-order chi connectivity index (χ0) is 86.1. The first-order valence-corrected chi connectivity index (χ1v) is 44.0. The SMILES string of the molecule is C#CC(C)(C)c1ccc(C)cc1.C#Cc1ccc(C)nc1C.C[Si](c1ccccc1)(c1ccccc1)c1ccccc1.Cc1ccc(C)cc1.Cc1ccc([Si](c2ccccc2)(c2ccccc2)c2ccccc2)cc1.Cc1cccc(C#N)c1.Cc1cccc(C(F)(F)F)c1.Cc1cccc(Oc2ccccc2)c1.Cc1ccccc1C#N. The van der Waals surface area contributed by atoms with Crippen LogP contribution in [-0.2, 0) is 11.6 Å². The van der Waals surface area contributed by atoms with Gasteiger partial charge in [-0.1, -0.05) is 380 Å². The lowest BCUT2D eigenvalue weighted by Gasteiger charge is -2.34. The van der Waals surface area contributed by atoms with E-state index in [2.05, 4.69) is 345 Å². The Kier molecular flexibility index (Phi) is 36.9. The Morgan fingerprint density at radius 3 is 1.02 bits per heavy atom. The fraction of sp³-hybridized carbons (Fsp3) is 0.136. The summed E-state index contributed by atoms with van der Waals surface area (Å²) in [6.07, 6.45) is 6.42. The number of benzene rings is 14. The van der Waals surface area contributed by atoms with Crippen molar-refractivity contribution in [3.8, 4) is 48.3 Å². The van der Waals surface area contributed by atoms with Crippen LogP contribution in [0.2, 0.25) is 6.55 Å². The van der Waals surface area contributed by atoms with Crippen molar-refractivity contribution >= 4 is 52.5 Å². The van der Waals surface area contributed by atoms with Gasteiger partial charge in [-0.2, -0.15) is 23.7 Å². The smallest absolute Gasteiger partial charge is 0.416 e. The third kappa shape index (κ3) is 29.2. The molecule has 0 unspecified atom stereocenters. The van der Waals surface area contributed by atoms with E-state index < -0.39 is 27.9 Å². The molecule has 596 valence electrons. The Labute approximate surface area is 708 Å². The van der Waals surface area contributed by atoms with Crippen LogP contribution in [0.1, 0.15) is 97.6 Å². The van der Waals surface area contributed by atoms with Gasteiger partial charge in [0.2, 0.25) is 0 Å². The Morgan fingerprint density at radius 2 is 0.672 bits per heavy atom. The van der Waals surface area contributed by atoms with Crippen LogP contribution < -0.4 is 41.0 Å². The average molecular weight is 1600 g/mol. The summed E-state index contributed by atoms with van der Waals surface area (Å²) in [6.45, 7) is 26.4. The number of terminal acetylenes is 2. The highest BCUT2D eigenvalue weighted by molar-refractivity contribution is 7.20.